The van der Waals surface area contributed by atoms with Crippen molar-refractivity contribution < 1.29 is 4.79 Å². The van der Waals surface area contributed by atoms with Crippen LogP contribution in [0.1, 0.15) is 78.1 Å². The second kappa shape index (κ2) is 12.7. The summed E-state index contributed by atoms with van der Waals surface area (Å²) in [6, 6.07) is 0.349. The average Bonchev–Trinajstić information content (AvgIpc) is 2.39. The number of rotatable bonds is 12. The largest absolute Gasteiger partial charge is 0.350 e. The first-order valence-electron chi connectivity index (χ1n) is 7.67. The molecule has 18 heavy (non-hydrogen) atoms. The van der Waals surface area contributed by atoms with Crippen molar-refractivity contribution in [2.24, 2.45) is 0 Å². The molecule has 1 amide bonds. The van der Waals surface area contributed by atoms with E-state index in [-0.39, 0.29) is 5.91 Å². The summed E-state index contributed by atoms with van der Waals surface area (Å²) < 4.78 is 0. The molecule has 0 saturated heterocycles. The van der Waals surface area contributed by atoms with E-state index in [0.717, 1.165) is 12.8 Å². The molecule has 0 aliphatic rings. The predicted octanol–water partition coefficient (Wildman–Crippen LogP) is 4.60. The molecule has 1 atom stereocenters. The van der Waals surface area contributed by atoms with Gasteiger partial charge in [-0.15, -0.1) is 0 Å². The van der Waals surface area contributed by atoms with Gasteiger partial charge in [0.2, 0.25) is 5.91 Å². The van der Waals surface area contributed by atoms with E-state index in [0.29, 0.717) is 6.04 Å². The topological polar surface area (TPSA) is 29.1 Å². The van der Waals surface area contributed by atoms with Crippen molar-refractivity contribution >= 4 is 5.91 Å². The lowest BCUT2D eigenvalue weighted by Crippen LogP contribution is -2.33. The molecule has 0 aromatic carbocycles. The van der Waals surface area contributed by atoms with Crippen molar-refractivity contribution in [3.63, 3.8) is 0 Å². The first kappa shape index (κ1) is 17.2. The molecule has 0 fully saturated rings. The highest BCUT2D eigenvalue weighted by molar-refractivity contribution is 5.87. The van der Waals surface area contributed by atoms with Crippen LogP contribution in [0.5, 0.6) is 0 Å². The first-order chi connectivity index (χ1) is 8.74. The Morgan fingerprint density at radius 3 is 2.17 bits per heavy atom. The SMILES string of the molecule is C=CC(=O)NC(CCCC)CCCCCCCC. The Morgan fingerprint density at radius 1 is 1.00 bits per heavy atom. The second-order valence-corrected chi connectivity index (χ2v) is 5.11. The highest BCUT2D eigenvalue weighted by atomic mass is 16.1. The van der Waals surface area contributed by atoms with Crippen molar-refractivity contribution in [1.82, 2.24) is 5.32 Å². The lowest BCUT2D eigenvalue weighted by atomic mass is 10.0. The van der Waals surface area contributed by atoms with E-state index in [1.807, 2.05) is 0 Å². The third-order valence-electron chi connectivity index (χ3n) is 3.34. The third kappa shape index (κ3) is 10.4. The summed E-state index contributed by atoms with van der Waals surface area (Å²) in [5.74, 6) is -0.0258. The number of carbonyl (C=O) groups is 1. The van der Waals surface area contributed by atoms with Gasteiger partial charge < -0.3 is 5.32 Å². The van der Waals surface area contributed by atoms with Crippen LogP contribution < -0.4 is 5.32 Å². The number of carbonyl (C=O) groups excluding carboxylic acids is 1. The van der Waals surface area contributed by atoms with Gasteiger partial charge in [0, 0.05) is 6.04 Å². The molecule has 0 heterocycles. The zero-order chi connectivity index (χ0) is 13.6. The molecule has 1 N–H and O–H groups in total. The standard InChI is InChI=1S/C16H31NO/c1-4-7-9-10-11-12-14-15(13-8-5-2)17-16(18)6-3/h6,15H,3-5,7-14H2,1-2H3,(H,17,18). The Balaban J connectivity index is 3.71. The molecule has 106 valence electrons. The molecule has 1 unspecified atom stereocenters. The highest BCUT2D eigenvalue weighted by Gasteiger charge is 2.09. The molecular weight excluding hydrogens is 222 g/mol. The van der Waals surface area contributed by atoms with E-state index in [1.54, 1.807) is 0 Å². The van der Waals surface area contributed by atoms with Crippen LogP contribution in [-0.2, 0) is 4.79 Å². The summed E-state index contributed by atoms with van der Waals surface area (Å²) in [6.07, 6.45) is 13.9. The van der Waals surface area contributed by atoms with E-state index in [4.69, 9.17) is 0 Å². The molecule has 2 heteroatoms. The van der Waals surface area contributed by atoms with Crippen LogP contribution in [0.2, 0.25) is 0 Å². The fourth-order valence-corrected chi connectivity index (χ4v) is 2.17. The summed E-state index contributed by atoms with van der Waals surface area (Å²) in [5, 5.41) is 3.05. The van der Waals surface area contributed by atoms with Crippen LogP contribution in [0.4, 0.5) is 0 Å². The molecular formula is C16H31NO. The van der Waals surface area contributed by atoms with Gasteiger partial charge in [-0.3, -0.25) is 4.79 Å². The average molecular weight is 253 g/mol. The molecule has 0 spiro atoms. The van der Waals surface area contributed by atoms with Crippen LogP contribution in [-0.4, -0.2) is 11.9 Å². The van der Waals surface area contributed by atoms with Crippen molar-refractivity contribution in [3.05, 3.63) is 12.7 Å². The zero-order valence-corrected chi connectivity index (χ0v) is 12.3. The Kier molecular flexibility index (Phi) is 12.1. The Hall–Kier alpha value is -0.790. The molecule has 0 aliphatic carbocycles. The summed E-state index contributed by atoms with van der Waals surface area (Å²) >= 11 is 0. The van der Waals surface area contributed by atoms with Crippen LogP contribution >= 0.6 is 0 Å². The molecule has 0 aromatic rings. The lowest BCUT2D eigenvalue weighted by molar-refractivity contribution is -0.117. The maximum Gasteiger partial charge on any atom is 0.243 e. The predicted molar refractivity (Wildman–Crippen MR) is 79.6 cm³/mol. The van der Waals surface area contributed by atoms with E-state index >= 15 is 0 Å². The van der Waals surface area contributed by atoms with Gasteiger partial charge in [-0.25, -0.2) is 0 Å². The van der Waals surface area contributed by atoms with Crippen LogP contribution in [0.15, 0.2) is 12.7 Å². The number of unbranched alkanes of at least 4 members (excludes halogenated alkanes) is 6. The van der Waals surface area contributed by atoms with Gasteiger partial charge in [0.25, 0.3) is 0 Å². The van der Waals surface area contributed by atoms with Gasteiger partial charge in [-0.05, 0) is 18.9 Å². The van der Waals surface area contributed by atoms with Crippen molar-refractivity contribution in [2.75, 3.05) is 0 Å². The monoisotopic (exact) mass is 253 g/mol. The number of amides is 1. The Morgan fingerprint density at radius 2 is 1.56 bits per heavy atom. The quantitative estimate of drug-likeness (QED) is 0.400. The van der Waals surface area contributed by atoms with E-state index in [9.17, 15) is 4.79 Å². The molecule has 0 radical (unpaired) electrons. The zero-order valence-electron chi connectivity index (χ0n) is 12.3. The molecule has 2 nitrogen and oxygen atoms in total. The number of hydrogen-bond acceptors (Lipinski definition) is 1. The summed E-state index contributed by atoms with van der Waals surface area (Å²) in [4.78, 5) is 11.3. The summed E-state index contributed by atoms with van der Waals surface area (Å²) in [5.41, 5.74) is 0. The minimum atomic E-state index is -0.0258. The molecule has 0 saturated carbocycles. The number of hydrogen-bond donors (Lipinski definition) is 1. The fraction of sp³-hybridized carbons (Fsp3) is 0.812. The van der Waals surface area contributed by atoms with E-state index < -0.39 is 0 Å². The third-order valence-corrected chi connectivity index (χ3v) is 3.34. The van der Waals surface area contributed by atoms with Gasteiger partial charge in [0.05, 0.1) is 0 Å². The maximum absolute atomic E-state index is 11.3. The highest BCUT2D eigenvalue weighted by Crippen LogP contribution is 2.12. The molecule has 0 rings (SSSR count). The minimum Gasteiger partial charge on any atom is -0.350 e. The van der Waals surface area contributed by atoms with Crippen LogP contribution in [0, 0.1) is 0 Å². The molecule has 0 bridgehead atoms. The summed E-state index contributed by atoms with van der Waals surface area (Å²) in [6.45, 7) is 7.95. The van der Waals surface area contributed by atoms with Crippen molar-refractivity contribution in [1.29, 1.82) is 0 Å². The molecule has 0 aromatic heterocycles. The second-order valence-electron chi connectivity index (χ2n) is 5.11. The first-order valence-corrected chi connectivity index (χ1v) is 7.67. The van der Waals surface area contributed by atoms with Crippen LogP contribution in [0.3, 0.4) is 0 Å². The minimum absolute atomic E-state index is 0.0258. The summed E-state index contributed by atoms with van der Waals surface area (Å²) in [7, 11) is 0. The Labute approximate surface area is 113 Å². The van der Waals surface area contributed by atoms with E-state index in [1.165, 1.54) is 57.4 Å². The van der Waals surface area contributed by atoms with Gasteiger partial charge >= 0.3 is 0 Å². The maximum atomic E-state index is 11.3. The van der Waals surface area contributed by atoms with E-state index in [2.05, 4.69) is 25.7 Å². The normalized spacial score (nSPS) is 12.1. The van der Waals surface area contributed by atoms with Gasteiger partial charge in [-0.1, -0.05) is 71.8 Å². The fourth-order valence-electron chi connectivity index (χ4n) is 2.17. The smallest absolute Gasteiger partial charge is 0.243 e. The van der Waals surface area contributed by atoms with Crippen molar-refractivity contribution in [2.45, 2.75) is 84.1 Å². The number of nitrogens with one attached hydrogen (secondary N) is 1. The lowest BCUT2D eigenvalue weighted by Gasteiger charge is -2.17. The van der Waals surface area contributed by atoms with Crippen molar-refractivity contribution in [3.8, 4) is 0 Å². The van der Waals surface area contributed by atoms with Crippen LogP contribution in [0.25, 0.3) is 0 Å². The van der Waals surface area contributed by atoms with Gasteiger partial charge in [0.1, 0.15) is 0 Å². The molecule has 0 aliphatic heterocycles. The van der Waals surface area contributed by atoms with Gasteiger partial charge in [-0.2, -0.15) is 0 Å². The van der Waals surface area contributed by atoms with Gasteiger partial charge in [0.15, 0.2) is 0 Å². The Bertz CT molecular complexity index is 213.